The fourth-order valence-electron chi connectivity index (χ4n) is 5.69. The Kier molecular flexibility index (Phi) is 29.8. The number of hydrogen-bond donors (Lipinski definition) is 4. The molecule has 4 N–H and O–H groups in total. The number of aliphatic hydroxyl groups is 2. The maximum atomic E-state index is 12.6. The molecule has 0 heterocycles. The molecular weight excluding hydrogens is 893 g/mol. The molecule has 0 radical (unpaired) electrons. The molecule has 0 aromatic heterocycles. The first-order valence-electron chi connectivity index (χ1n) is 21.9. The largest absolute Gasteiger partial charge is 0.487 e. The SMILES string of the molecule is C=CCOc1c(C=O)cccc1OCCOCCOCCOCCNC(=O)COc1c(CO)ccc(CO)c1OCC(=O)NCCOCCOCCOCCOc1cccc(C=O)c1OCC=C. The van der Waals surface area contributed by atoms with Gasteiger partial charge < -0.3 is 77.7 Å². The summed E-state index contributed by atoms with van der Waals surface area (Å²) in [5.41, 5.74) is 1.33. The third-order valence-corrected chi connectivity index (χ3v) is 8.87. The smallest absolute Gasteiger partial charge is 0.258 e. The molecule has 0 unspecified atom stereocenters. The number of rotatable bonds is 42. The van der Waals surface area contributed by atoms with Crippen molar-refractivity contribution in [1.29, 1.82) is 0 Å². The molecule has 0 fully saturated rings. The number of para-hydroxylation sites is 2. The number of ether oxygens (including phenoxy) is 12. The van der Waals surface area contributed by atoms with Crippen LogP contribution in [0.2, 0.25) is 0 Å². The van der Waals surface area contributed by atoms with E-state index in [-0.39, 0.29) is 88.6 Å². The van der Waals surface area contributed by atoms with Gasteiger partial charge in [0, 0.05) is 24.2 Å². The van der Waals surface area contributed by atoms with Gasteiger partial charge in [-0.1, -0.05) is 49.6 Å². The summed E-state index contributed by atoms with van der Waals surface area (Å²) < 4.78 is 67.0. The van der Waals surface area contributed by atoms with E-state index in [0.29, 0.717) is 99.6 Å². The highest BCUT2D eigenvalue weighted by Gasteiger charge is 2.19. The molecule has 3 aromatic rings. The van der Waals surface area contributed by atoms with Crippen molar-refractivity contribution in [2.45, 2.75) is 13.2 Å². The van der Waals surface area contributed by atoms with Crippen molar-refractivity contribution >= 4 is 24.4 Å². The van der Waals surface area contributed by atoms with Crippen molar-refractivity contribution in [2.75, 3.05) is 132 Å². The molecule has 3 rings (SSSR count). The van der Waals surface area contributed by atoms with Crippen LogP contribution in [-0.4, -0.2) is 167 Å². The molecule has 0 aliphatic rings. The first kappa shape index (κ1) is 56.2. The molecule has 0 spiro atoms. The second-order valence-corrected chi connectivity index (χ2v) is 13.8. The number of carbonyl (C=O) groups excluding carboxylic acids is 4. The topological polar surface area (TPSA) is 244 Å². The molecule has 0 aliphatic carbocycles. The Morgan fingerprint density at radius 2 is 0.809 bits per heavy atom. The van der Waals surface area contributed by atoms with E-state index in [4.69, 9.17) is 56.8 Å². The zero-order chi connectivity index (χ0) is 48.9. The predicted octanol–water partition coefficient (Wildman–Crippen LogP) is 2.67. The van der Waals surface area contributed by atoms with Crippen LogP contribution in [0.5, 0.6) is 34.5 Å². The molecule has 3 aromatic carbocycles. The zero-order valence-electron chi connectivity index (χ0n) is 38.3. The molecule has 374 valence electrons. The maximum Gasteiger partial charge on any atom is 0.258 e. The van der Waals surface area contributed by atoms with Gasteiger partial charge in [0.05, 0.1) is 104 Å². The first-order valence-corrected chi connectivity index (χ1v) is 21.9. The van der Waals surface area contributed by atoms with Gasteiger partial charge in [-0.3, -0.25) is 19.2 Å². The van der Waals surface area contributed by atoms with E-state index in [2.05, 4.69) is 23.8 Å². The highest BCUT2D eigenvalue weighted by Crippen LogP contribution is 2.36. The zero-order valence-corrected chi connectivity index (χ0v) is 38.3. The molecule has 68 heavy (non-hydrogen) atoms. The fraction of sp³-hybridized carbons (Fsp3) is 0.458. The van der Waals surface area contributed by atoms with Gasteiger partial charge in [-0.25, -0.2) is 0 Å². The minimum absolute atomic E-state index is 0.0197. The fourth-order valence-corrected chi connectivity index (χ4v) is 5.69. The maximum absolute atomic E-state index is 12.6. The predicted molar refractivity (Wildman–Crippen MR) is 246 cm³/mol. The van der Waals surface area contributed by atoms with Gasteiger partial charge in [0.1, 0.15) is 26.4 Å². The summed E-state index contributed by atoms with van der Waals surface area (Å²) in [5, 5.41) is 25.2. The van der Waals surface area contributed by atoms with Crippen molar-refractivity contribution in [3.63, 3.8) is 0 Å². The molecular formula is C48H64N2O18. The summed E-state index contributed by atoms with van der Waals surface area (Å²) in [6.45, 7) is 10.3. The van der Waals surface area contributed by atoms with Crippen LogP contribution < -0.4 is 39.1 Å². The number of nitrogens with one attached hydrogen (secondary N) is 2. The lowest BCUT2D eigenvalue weighted by Crippen LogP contribution is -2.33. The Labute approximate surface area is 396 Å². The first-order chi connectivity index (χ1) is 33.4. The lowest BCUT2D eigenvalue weighted by atomic mass is 10.1. The monoisotopic (exact) mass is 956 g/mol. The average Bonchev–Trinajstić information content (AvgIpc) is 3.36. The van der Waals surface area contributed by atoms with Gasteiger partial charge >= 0.3 is 0 Å². The van der Waals surface area contributed by atoms with Crippen LogP contribution in [-0.2, 0) is 51.2 Å². The number of hydrogen-bond acceptors (Lipinski definition) is 18. The van der Waals surface area contributed by atoms with Crippen LogP contribution in [0.4, 0.5) is 0 Å². The Balaban J connectivity index is 1.20. The van der Waals surface area contributed by atoms with E-state index in [1.54, 1.807) is 48.6 Å². The molecule has 0 saturated heterocycles. The van der Waals surface area contributed by atoms with Crippen LogP contribution >= 0.6 is 0 Å². The summed E-state index contributed by atoms with van der Waals surface area (Å²) in [7, 11) is 0. The van der Waals surface area contributed by atoms with Gasteiger partial charge in [0.2, 0.25) is 0 Å². The van der Waals surface area contributed by atoms with E-state index in [9.17, 15) is 29.4 Å². The molecule has 0 bridgehead atoms. The van der Waals surface area contributed by atoms with E-state index >= 15 is 0 Å². The van der Waals surface area contributed by atoms with Crippen molar-refractivity contribution < 1.29 is 86.2 Å². The van der Waals surface area contributed by atoms with Gasteiger partial charge in [-0.2, -0.15) is 0 Å². The van der Waals surface area contributed by atoms with Crippen LogP contribution in [0.15, 0.2) is 73.8 Å². The number of aliphatic hydroxyl groups excluding tert-OH is 2. The van der Waals surface area contributed by atoms with E-state index < -0.39 is 38.2 Å². The standard InChI is InChI=1S/C48H64N2O18/c1-3-15-65-45-37(31-51)7-5-9-41(45)63-29-27-61-25-23-59-21-19-57-17-13-49-43(55)35-67-47-39(33-53)11-12-40(34-54)48(47)68-36-44(56)50-14-18-58-20-22-60-24-26-62-28-30-64-42-10-6-8-38(32-52)46(42)66-16-4-2/h3-12,31-32,53-54H,1-2,13-30,33-36H2,(H,49,55)(H,50,56). The summed E-state index contributed by atoms with van der Waals surface area (Å²) in [5.74, 6) is 0.664. The molecule has 0 atom stereocenters. The molecule has 20 nitrogen and oxygen atoms in total. The van der Waals surface area contributed by atoms with Gasteiger partial charge in [0.25, 0.3) is 11.8 Å². The van der Waals surface area contributed by atoms with Crippen LogP contribution in [0.3, 0.4) is 0 Å². The Morgan fingerprint density at radius 3 is 1.15 bits per heavy atom. The van der Waals surface area contributed by atoms with E-state index in [1.807, 2.05) is 0 Å². The second-order valence-electron chi connectivity index (χ2n) is 13.8. The quantitative estimate of drug-likeness (QED) is 0.0362. The van der Waals surface area contributed by atoms with E-state index in [0.717, 1.165) is 0 Å². The lowest BCUT2D eigenvalue weighted by Gasteiger charge is -2.18. The number of amides is 2. The minimum atomic E-state index is -0.477. The van der Waals surface area contributed by atoms with Crippen molar-refractivity contribution in [2.24, 2.45) is 0 Å². The van der Waals surface area contributed by atoms with Gasteiger partial charge in [-0.05, 0) is 24.3 Å². The van der Waals surface area contributed by atoms with Crippen molar-refractivity contribution in [3.05, 3.63) is 96.1 Å². The van der Waals surface area contributed by atoms with Crippen LogP contribution in [0.25, 0.3) is 0 Å². The van der Waals surface area contributed by atoms with Crippen molar-refractivity contribution in [3.8, 4) is 34.5 Å². The minimum Gasteiger partial charge on any atom is -0.487 e. The molecule has 0 saturated carbocycles. The summed E-state index contributed by atoms with van der Waals surface area (Å²) >= 11 is 0. The molecule has 0 aliphatic heterocycles. The molecule has 20 heteroatoms. The summed E-state index contributed by atoms with van der Waals surface area (Å²) in [4.78, 5) is 47.8. The van der Waals surface area contributed by atoms with E-state index in [1.165, 1.54) is 12.1 Å². The average molecular weight is 957 g/mol. The molecule has 2 amide bonds. The normalized spacial score (nSPS) is 10.7. The Hall–Kier alpha value is -6.10. The van der Waals surface area contributed by atoms with Crippen LogP contribution in [0, 0.1) is 0 Å². The highest BCUT2D eigenvalue weighted by atomic mass is 16.6. The Morgan fingerprint density at radius 1 is 0.456 bits per heavy atom. The second kappa shape index (κ2) is 36.0. The van der Waals surface area contributed by atoms with Gasteiger partial charge in [-0.15, -0.1) is 0 Å². The lowest BCUT2D eigenvalue weighted by molar-refractivity contribution is -0.124. The number of aldehydes is 2. The summed E-state index contributed by atoms with van der Waals surface area (Å²) in [6, 6.07) is 13.1. The van der Waals surface area contributed by atoms with Crippen molar-refractivity contribution in [1.82, 2.24) is 10.6 Å². The third kappa shape index (κ3) is 22.1. The van der Waals surface area contributed by atoms with Gasteiger partial charge in [0.15, 0.2) is 60.3 Å². The number of carbonyl (C=O) groups is 4. The highest BCUT2D eigenvalue weighted by molar-refractivity contribution is 5.82. The number of benzene rings is 3. The Bertz CT molecular complexity index is 1810. The summed E-state index contributed by atoms with van der Waals surface area (Å²) in [6.07, 6.45) is 4.55. The third-order valence-electron chi connectivity index (χ3n) is 8.87. The van der Waals surface area contributed by atoms with Crippen LogP contribution in [0.1, 0.15) is 31.8 Å².